The summed E-state index contributed by atoms with van der Waals surface area (Å²) < 4.78 is 16.3. The zero-order valence-electron chi connectivity index (χ0n) is 16.4. The predicted octanol–water partition coefficient (Wildman–Crippen LogP) is 4.47. The number of benzene rings is 2. The Bertz CT molecular complexity index is 1150. The predicted molar refractivity (Wildman–Crippen MR) is 118 cm³/mol. The van der Waals surface area contributed by atoms with Gasteiger partial charge in [-0.3, -0.25) is 9.69 Å². The normalized spacial score (nSPS) is 15.6. The molecule has 0 radical (unpaired) electrons. The number of likely N-dealkylation sites (N-methyl/N-ethyl adjacent to an activating group) is 1. The van der Waals surface area contributed by atoms with Crippen LogP contribution in [0.15, 0.2) is 54.4 Å². The number of thiocarbonyl (C=S) groups is 1. The number of amides is 1. The van der Waals surface area contributed by atoms with Crippen LogP contribution in [0.4, 0.5) is 4.39 Å². The lowest BCUT2D eigenvalue weighted by molar-refractivity contribution is -0.122. The number of aryl methyl sites for hydroxylation is 1. The fraction of sp³-hybridized carbons (Fsp3) is 0.217. The molecule has 1 aromatic heterocycles. The largest absolute Gasteiger partial charge is 0.342 e. The number of carbonyl (C=O) groups excluding carboxylic acids is 1. The number of hydrogen-bond acceptors (Lipinski definition) is 2. The Hall–Kier alpha value is -2.99. The van der Waals surface area contributed by atoms with Gasteiger partial charge in [-0.25, -0.2) is 4.39 Å². The van der Waals surface area contributed by atoms with Crippen molar-refractivity contribution >= 4 is 40.2 Å². The van der Waals surface area contributed by atoms with E-state index in [0.29, 0.717) is 29.5 Å². The Morgan fingerprint density at radius 3 is 2.55 bits per heavy atom. The van der Waals surface area contributed by atoms with Gasteiger partial charge in [0, 0.05) is 29.3 Å². The molecular formula is C23H22FN3OS. The van der Waals surface area contributed by atoms with Gasteiger partial charge in [-0.1, -0.05) is 43.3 Å². The Morgan fingerprint density at radius 1 is 1.10 bits per heavy atom. The average Bonchev–Trinajstić information content (AvgIpc) is 3.20. The first-order valence-corrected chi connectivity index (χ1v) is 10.1. The van der Waals surface area contributed by atoms with Gasteiger partial charge in [-0.15, -0.1) is 0 Å². The summed E-state index contributed by atoms with van der Waals surface area (Å²) in [5.41, 5.74) is 4.24. The van der Waals surface area contributed by atoms with E-state index in [-0.39, 0.29) is 11.7 Å². The molecule has 1 aliphatic rings. The number of aromatic nitrogens is 1. The molecule has 0 saturated carbocycles. The molecule has 6 heteroatoms. The molecule has 0 atom stereocenters. The summed E-state index contributed by atoms with van der Waals surface area (Å²) in [7, 11) is 0. The van der Waals surface area contributed by atoms with E-state index < -0.39 is 0 Å². The number of nitrogens with zero attached hydrogens (tertiary/aromatic N) is 2. The number of nitrogens with one attached hydrogen (secondary N) is 1. The number of rotatable bonds is 5. The number of carbonyl (C=O) groups is 1. The third-order valence-electron chi connectivity index (χ3n) is 5.27. The van der Waals surface area contributed by atoms with Crippen molar-refractivity contribution in [3.63, 3.8) is 0 Å². The summed E-state index contributed by atoms with van der Waals surface area (Å²) in [4.78, 5) is 14.1. The van der Waals surface area contributed by atoms with Gasteiger partial charge < -0.3 is 9.88 Å². The minimum Gasteiger partial charge on any atom is -0.342 e. The maximum absolute atomic E-state index is 14.3. The Labute approximate surface area is 174 Å². The summed E-state index contributed by atoms with van der Waals surface area (Å²) >= 11 is 5.26. The van der Waals surface area contributed by atoms with E-state index in [1.807, 2.05) is 37.4 Å². The lowest BCUT2D eigenvalue weighted by Gasteiger charge is -2.09. The van der Waals surface area contributed by atoms with Crippen LogP contribution in [0.2, 0.25) is 0 Å². The molecule has 148 valence electrons. The highest BCUT2D eigenvalue weighted by atomic mass is 32.1. The third-order valence-corrected chi connectivity index (χ3v) is 5.59. The van der Waals surface area contributed by atoms with Crippen LogP contribution in [-0.2, 0) is 17.8 Å². The minimum absolute atomic E-state index is 0.126. The topological polar surface area (TPSA) is 37.3 Å². The van der Waals surface area contributed by atoms with E-state index in [1.165, 1.54) is 16.5 Å². The highest BCUT2D eigenvalue weighted by molar-refractivity contribution is 7.80. The summed E-state index contributed by atoms with van der Waals surface area (Å²) in [5.74, 6) is -0.348. The zero-order chi connectivity index (χ0) is 20.5. The molecule has 1 amide bonds. The summed E-state index contributed by atoms with van der Waals surface area (Å²) in [6.07, 6.45) is 4.68. The van der Waals surface area contributed by atoms with Crippen LogP contribution >= 0.6 is 12.2 Å². The van der Waals surface area contributed by atoms with Crippen LogP contribution < -0.4 is 5.32 Å². The molecule has 4 rings (SSSR count). The monoisotopic (exact) mass is 407 g/mol. The molecule has 1 saturated heterocycles. The Kier molecular flexibility index (Phi) is 5.20. The van der Waals surface area contributed by atoms with Crippen LogP contribution in [0.25, 0.3) is 17.0 Å². The van der Waals surface area contributed by atoms with Crippen LogP contribution in [-0.4, -0.2) is 27.0 Å². The molecule has 4 nitrogen and oxygen atoms in total. The lowest BCUT2D eigenvalue weighted by atomic mass is 10.1. The van der Waals surface area contributed by atoms with E-state index in [1.54, 1.807) is 12.1 Å². The standard InChI is InChI=1S/C23H22FN3OS/c1-3-15-9-7-10-18-17(12-20-22(28)27(4-2)23(29)25-20)14-26(21(15)18)13-16-8-5-6-11-19(16)24/h5-12,14H,3-4,13H2,1-2H3,(H,25,29). The van der Waals surface area contributed by atoms with E-state index in [2.05, 4.69) is 22.9 Å². The van der Waals surface area contributed by atoms with Gasteiger partial charge in [0.05, 0.1) is 12.1 Å². The SMILES string of the molecule is CCc1cccc2c(C=C3NC(=S)N(CC)C3=O)cn(Cc3ccccc3F)c12. The van der Waals surface area contributed by atoms with E-state index in [9.17, 15) is 9.18 Å². The van der Waals surface area contributed by atoms with Gasteiger partial charge in [0.2, 0.25) is 0 Å². The molecule has 0 spiro atoms. The quantitative estimate of drug-likeness (QED) is 0.501. The molecule has 0 unspecified atom stereocenters. The molecule has 29 heavy (non-hydrogen) atoms. The highest BCUT2D eigenvalue weighted by Gasteiger charge is 2.29. The first-order chi connectivity index (χ1) is 14.0. The van der Waals surface area contributed by atoms with E-state index in [4.69, 9.17) is 12.2 Å². The molecule has 0 bridgehead atoms. The minimum atomic E-state index is -0.222. The van der Waals surface area contributed by atoms with Crippen molar-refractivity contribution in [3.05, 3.63) is 76.9 Å². The van der Waals surface area contributed by atoms with Crippen molar-refractivity contribution < 1.29 is 9.18 Å². The second-order valence-corrected chi connectivity index (χ2v) is 7.39. The van der Waals surface area contributed by atoms with Crippen LogP contribution in [0.3, 0.4) is 0 Å². The maximum atomic E-state index is 14.3. The molecule has 2 aromatic carbocycles. The first kappa shape index (κ1) is 19.3. The summed E-state index contributed by atoms with van der Waals surface area (Å²) in [5, 5.41) is 4.47. The average molecular weight is 408 g/mol. The Balaban J connectivity index is 1.84. The van der Waals surface area contributed by atoms with E-state index in [0.717, 1.165) is 22.9 Å². The van der Waals surface area contributed by atoms with Crippen molar-refractivity contribution in [2.45, 2.75) is 26.8 Å². The number of halogens is 1. The van der Waals surface area contributed by atoms with Crippen molar-refractivity contribution in [1.29, 1.82) is 0 Å². The fourth-order valence-corrected chi connectivity index (χ4v) is 4.14. The number of para-hydroxylation sites is 1. The third kappa shape index (κ3) is 3.44. The summed E-state index contributed by atoms with van der Waals surface area (Å²) in [6.45, 7) is 4.94. The fourth-order valence-electron chi connectivity index (χ4n) is 3.81. The maximum Gasteiger partial charge on any atom is 0.276 e. The van der Waals surface area contributed by atoms with Crippen molar-refractivity contribution in [1.82, 2.24) is 14.8 Å². The Morgan fingerprint density at radius 2 is 1.86 bits per heavy atom. The van der Waals surface area contributed by atoms with E-state index >= 15 is 0 Å². The second-order valence-electron chi connectivity index (χ2n) is 7.01. The first-order valence-electron chi connectivity index (χ1n) is 9.72. The number of fused-ring (bicyclic) bond motifs is 1. The molecule has 1 N–H and O–H groups in total. The second kappa shape index (κ2) is 7.79. The highest BCUT2D eigenvalue weighted by Crippen LogP contribution is 2.29. The van der Waals surface area contributed by atoms with Crippen LogP contribution in [0.5, 0.6) is 0 Å². The van der Waals surface area contributed by atoms with Crippen molar-refractivity contribution in [3.8, 4) is 0 Å². The molecule has 2 heterocycles. The molecule has 0 aliphatic carbocycles. The molecule has 1 aliphatic heterocycles. The molecular weight excluding hydrogens is 385 g/mol. The molecule has 3 aromatic rings. The van der Waals surface area contributed by atoms with Crippen LogP contribution in [0, 0.1) is 5.82 Å². The smallest absolute Gasteiger partial charge is 0.276 e. The van der Waals surface area contributed by atoms with Crippen molar-refractivity contribution in [2.75, 3.05) is 6.54 Å². The van der Waals surface area contributed by atoms with Gasteiger partial charge >= 0.3 is 0 Å². The zero-order valence-corrected chi connectivity index (χ0v) is 17.2. The van der Waals surface area contributed by atoms with Gasteiger partial charge in [0.15, 0.2) is 5.11 Å². The lowest BCUT2D eigenvalue weighted by Crippen LogP contribution is -2.30. The van der Waals surface area contributed by atoms with Gasteiger partial charge in [0.1, 0.15) is 11.5 Å². The van der Waals surface area contributed by atoms with Crippen LogP contribution in [0.1, 0.15) is 30.5 Å². The summed E-state index contributed by atoms with van der Waals surface area (Å²) in [6, 6.07) is 13.0. The number of hydrogen-bond donors (Lipinski definition) is 1. The molecule has 1 fully saturated rings. The van der Waals surface area contributed by atoms with Gasteiger partial charge in [0.25, 0.3) is 5.91 Å². The van der Waals surface area contributed by atoms with Crippen molar-refractivity contribution in [2.24, 2.45) is 0 Å². The van der Waals surface area contributed by atoms with Gasteiger partial charge in [-0.2, -0.15) is 0 Å². The van der Waals surface area contributed by atoms with Gasteiger partial charge in [-0.05, 0) is 43.3 Å².